The Balaban J connectivity index is 2.74. The first-order valence-corrected chi connectivity index (χ1v) is 7.80. The summed E-state index contributed by atoms with van der Waals surface area (Å²) in [6.07, 6.45) is 3.78. The van der Waals surface area contributed by atoms with Gasteiger partial charge in [-0.3, -0.25) is 0 Å². The molecule has 0 fully saturated rings. The van der Waals surface area contributed by atoms with Crippen LogP contribution in [0.25, 0.3) is 6.08 Å². The Morgan fingerprint density at radius 3 is 3.17 bits per heavy atom. The Labute approximate surface area is 82.4 Å². The van der Waals surface area contributed by atoms with E-state index in [9.17, 15) is 0 Å². The second kappa shape index (κ2) is 3.18. The van der Waals surface area contributed by atoms with E-state index in [1.54, 1.807) is 6.20 Å². The first-order valence-electron chi connectivity index (χ1n) is 3.41. The molecule has 1 nitrogen and oxygen atoms in total. The average molecular weight is 292 g/mol. The standard InChI is InChI=1S/C9H7ClIN/c1-11-4-2-8-7(6-11)3-5-12-9(8)10/h2-6H,1H2. The van der Waals surface area contributed by atoms with E-state index in [0.29, 0.717) is 5.15 Å². The van der Waals surface area contributed by atoms with Crippen LogP contribution in [0.4, 0.5) is 0 Å². The first kappa shape index (κ1) is 8.26. The lowest BCUT2D eigenvalue weighted by atomic mass is 10.2. The number of rotatable bonds is 0. The number of hydrogen-bond donors (Lipinski definition) is 0. The predicted octanol–water partition coefficient (Wildman–Crippen LogP) is 2.81. The van der Waals surface area contributed by atoms with Crippen molar-refractivity contribution in [2.45, 2.75) is 0 Å². The van der Waals surface area contributed by atoms with Gasteiger partial charge in [-0.25, -0.2) is 4.98 Å². The summed E-state index contributed by atoms with van der Waals surface area (Å²) >= 11 is 4.75. The number of pyridine rings is 1. The van der Waals surface area contributed by atoms with E-state index in [4.69, 9.17) is 11.6 Å². The van der Waals surface area contributed by atoms with Gasteiger partial charge in [0.15, 0.2) is 0 Å². The molecule has 0 atom stereocenters. The molecule has 0 bridgehead atoms. The fourth-order valence-corrected chi connectivity index (χ4v) is 3.72. The molecule has 0 aliphatic carbocycles. The molecule has 0 amide bonds. The zero-order valence-electron chi connectivity index (χ0n) is 6.30. The van der Waals surface area contributed by atoms with Gasteiger partial charge in [0, 0.05) is 11.8 Å². The lowest BCUT2D eigenvalue weighted by molar-refractivity contribution is 1.31. The summed E-state index contributed by atoms with van der Waals surface area (Å²) in [7, 11) is 0. The molecule has 0 radical (unpaired) electrons. The van der Waals surface area contributed by atoms with Gasteiger partial charge >= 0.3 is 0 Å². The number of aromatic nitrogens is 1. The fraction of sp³-hybridized carbons (Fsp3) is 0. The van der Waals surface area contributed by atoms with Gasteiger partial charge in [0.25, 0.3) is 0 Å². The molecule has 3 heteroatoms. The van der Waals surface area contributed by atoms with Gasteiger partial charge in [-0.15, -0.1) is 18.9 Å². The van der Waals surface area contributed by atoms with Crippen LogP contribution in [0, 0.1) is 0 Å². The summed E-state index contributed by atoms with van der Waals surface area (Å²) in [6, 6.07) is 1.99. The van der Waals surface area contributed by atoms with Crippen LogP contribution < -0.4 is 0 Å². The van der Waals surface area contributed by atoms with E-state index < -0.39 is 18.9 Å². The number of fused-ring (bicyclic) bond motifs is 1. The normalized spacial score (nSPS) is 15.4. The van der Waals surface area contributed by atoms with Gasteiger partial charge in [-0.1, -0.05) is 16.1 Å². The van der Waals surface area contributed by atoms with Gasteiger partial charge in [0.05, 0.1) is 0 Å². The molecule has 1 aliphatic heterocycles. The summed E-state index contributed by atoms with van der Waals surface area (Å²) in [5, 5.41) is 0.587. The highest BCUT2D eigenvalue weighted by Gasteiger charge is 2.04. The third-order valence-corrected chi connectivity index (χ3v) is 4.68. The van der Waals surface area contributed by atoms with Crippen LogP contribution in [0.2, 0.25) is 5.15 Å². The van der Waals surface area contributed by atoms with E-state index in [0.717, 1.165) is 5.56 Å². The summed E-state index contributed by atoms with van der Waals surface area (Å²) in [5.74, 6) is 0. The summed E-state index contributed by atoms with van der Waals surface area (Å²) in [6.45, 7) is 0. The molecule has 2 heterocycles. The maximum Gasteiger partial charge on any atom is 0.136 e. The van der Waals surface area contributed by atoms with Crippen molar-refractivity contribution >= 4 is 45.1 Å². The van der Waals surface area contributed by atoms with Crippen LogP contribution in [0.3, 0.4) is 0 Å². The average Bonchev–Trinajstić information content (AvgIpc) is 2.04. The minimum absolute atomic E-state index is 0.587. The Kier molecular flexibility index (Phi) is 2.19. The van der Waals surface area contributed by atoms with Crippen molar-refractivity contribution in [3.8, 4) is 0 Å². The SMILES string of the molecule is C=I1=Cc2ccnc(Cl)c2C=C1. The van der Waals surface area contributed by atoms with Crippen LogP contribution in [-0.2, 0) is 0 Å². The van der Waals surface area contributed by atoms with Crippen LogP contribution >= 0.6 is 30.5 Å². The number of nitrogens with zero attached hydrogens (tertiary/aromatic N) is 1. The molecule has 0 saturated carbocycles. The van der Waals surface area contributed by atoms with Crippen molar-refractivity contribution in [3.63, 3.8) is 0 Å². The Morgan fingerprint density at radius 1 is 1.50 bits per heavy atom. The van der Waals surface area contributed by atoms with Gasteiger partial charge in [-0.05, 0) is 25.8 Å². The van der Waals surface area contributed by atoms with Crippen LogP contribution in [0.5, 0.6) is 0 Å². The monoisotopic (exact) mass is 291 g/mol. The summed E-state index contributed by atoms with van der Waals surface area (Å²) in [5.41, 5.74) is 2.23. The van der Waals surface area contributed by atoms with Gasteiger partial charge in [0.1, 0.15) is 5.15 Å². The molecule has 0 aromatic carbocycles. The molecule has 62 valence electrons. The molecule has 0 saturated heterocycles. The minimum Gasteiger partial charge on any atom is -0.244 e. The molecular weight excluding hydrogens is 284 g/mol. The Hall–Kier alpha value is -0.350. The van der Waals surface area contributed by atoms with Crippen LogP contribution in [-0.4, -0.2) is 13.5 Å². The first-order chi connectivity index (χ1) is 5.77. The molecule has 1 aromatic rings. The zero-order chi connectivity index (χ0) is 8.55. The Morgan fingerprint density at radius 2 is 2.33 bits per heavy atom. The predicted molar refractivity (Wildman–Crippen MR) is 64.6 cm³/mol. The summed E-state index contributed by atoms with van der Waals surface area (Å²) < 4.78 is 8.47. The quantitative estimate of drug-likeness (QED) is 0.529. The van der Waals surface area contributed by atoms with E-state index in [2.05, 4.69) is 17.6 Å². The minimum atomic E-state index is -1.15. The number of hydrogen-bond acceptors (Lipinski definition) is 1. The number of halogens is 2. The topological polar surface area (TPSA) is 12.9 Å². The smallest absolute Gasteiger partial charge is 0.136 e. The van der Waals surface area contributed by atoms with Gasteiger partial charge < -0.3 is 0 Å². The molecule has 0 spiro atoms. The zero-order valence-corrected chi connectivity index (χ0v) is 9.21. The molecule has 0 unspecified atom stereocenters. The third-order valence-electron chi connectivity index (χ3n) is 1.62. The highest BCUT2D eigenvalue weighted by molar-refractivity contribution is 14.2. The van der Waals surface area contributed by atoms with Gasteiger partial charge in [-0.2, -0.15) is 0 Å². The van der Waals surface area contributed by atoms with Crippen LogP contribution in [0.1, 0.15) is 11.1 Å². The van der Waals surface area contributed by atoms with E-state index >= 15 is 0 Å². The van der Waals surface area contributed by atoms with Crippen molar-refractivity contribution < 1.29 is 0 Å². The van der Waals surface area contributed by atoms with Crippen molar-refractivity contribution in [1.82, 2.24) is 4.98 Å². The van der Waals surface area contributed by atoms with Crippen LogP contribution in [0.15, 0.2) is 16.3 Å². The van der Waals surface area contributed by atoms with Crippen molar-refractivity contribution in [2.24, 2.45) is 0 Å². The van der Waals surface area contributed by atoms with E-state index in [1.165, 1.54) is 5.56 Å². The molecule has 1 aliphatic rings. The Bertz CT molecular complexity index is 428. The highest BCUT2D eigenvalue weighted by atomic mass is 127. The maximum atomic E-state index is 5.90. The molecule has 0 N–H and O–H groups in total. The van der Waals surface area contributed by atoms with Crippen molar-refractivity contribution in [3.05, 3.63) is 32.6 Å². The van der Waals surface area contributed by atoms with Crippen molar-refractivity contribution in [2.75, 3.05) is 0 Å². The van der Waals surface area contributed by atoms with Gasteiger partial charge in [0.2, 0.25) is 0 Å². The lowest BCUT2D eigenvalue weighted by Gasteiger charge is -2.05. The van der Waals surface area contributed by atoms with E-state index in [1.807, 2.05) is 12.1 Å². The molecule has 2 rings (SSSR count). The third kappa shape index (κ3) is 1.41. The maximum absolute atomic E-state index is 5.90. The molecule has 1 aromatic heterocycles. The van der Waals surface area contributed by atoms with E-state index in [-0.39, 0.29) is 0 Å². The second-order valence-corrected chi connectivity index (χ2v) is 6.62. The van der Waals surface area contributed by atoms with Crippen molar-refractivity contribution in [1.29, 1.82) is 0 Å². The highest BCUT2D eigenvalue weighted by Crippen LogP contribution is 2.26. The fourth-order valence-electron chi connectivity index (χ4n) is 1.05. The molecule has 12 heavy (non-hydrogen) atoms. The lowest BCUT2D eigenvalue weighted by Crippen LogP contribution is -1.91. The molecular formula is C9H7ClIN. The summed E-state index contributed by atoms with van der Waals surface area (Å²) in [4.78, 5) is 4.01. The second-order valence-electron chi connectivity index (χ2n) is 2.44. The largest absolute Gasteiger partial charge is 0.244 e.